The summed E-state index contributed by atoms with van der Waals surface area (Å²) < 4.78 is 30.7. The summed E-state index contributed by atoms with van der Waals surface area (Å²) in [6, 6.07) is -0.847. The van der Waals surface area contributed by atoms with Crippen molar-refractivity contribution in [1.29, 1.82) is 0 Å². The Balaban J connectivity index is 5.02. The minimum absolute atomic E-state index is 0.0403. The summed E-state index contributed by atoms with van der Waals surface area (Å²) in [6.45, 7) is 6.99. The van der Waals surface area contributed by atoms with E-state index in [2.05, 4.69) is 74.7 Å². The van der Waals surface area contributed by atoms with Gasteiger partial charge in [-0.15, -0.1) is 0 Å². The van der Waals surface area contributed by atoms with E-state index in [1.54, 1.807) is 0 Å². The van der Waals surface area contributed by atoms with Gasteiger partial charge in [0.1, 0.15) is 19.3 Å². The Kier molecular flexibility index (Phi) is 54.3. The summed E-state index contributed by atoms with van der Waals surface area (Å²) in [7, 11) is 1.50. The van der Waals surface area contributed by atoms with E-state index in [0.29, 0.717) is 17.4 Å². The van der Waals surface area contributed by atoms with E-state index in [9.17, 15) is 19.0 Å². The molecule has 0 bridgehead atoms. The predicted molar refractivity (Wildman–Crippen MR) is 328 cm³/mol. The fourth-order valence-corrected chi connectivity index (χ4v) is 9.95. The van der Waals surface area contributed by atoms with Crippen molar-refractivity contribution in [3.63, 3.8) is 0 Å². The quantitative estimate of drug-likeness (QED) is 0.0205. The summed E-state index contributed by atoms with van der Waals surface area (Å²) in [5, 5.41) is 3.05. The van der Waals surface area contributed by atoms with E-state index in [4.69, 9.17) is 13.8 Å². The first-order valence-electron chi connectivity index (χ1n) is 32.1. The maximum Gasteiger partial charge on any atom is 0.472 e. The first kappa shape index (κ1) is 73.7. The van der Waals surface area contributed by atoms with Crippen molar-refractivity contribution in [2.75, 3.05) is 40.9 Å². The lowest BCUT2D eigenvalue weighted by Crippen LogP contribution is -2.47. The molecule has 3 atom stereocenters. The number of nitrogens with one attached hydrogen (secondary N) is 1. The number of ether oxygens (including phenoxy) is 1. The minimum Gasteiger partial charge on any atom is -0.456 e. The Bertz CT molecular complexity index is 1490. The smallest absolute Gasteiger partial charge is 0.456 e. The van der Waals surface area contributed by atoms with Gasteiger partial charge in [0.2, 0.25) is 5.91 Å². The van der Waals surface area contributed by atoms with Crippen LogP contribution in [0, 0.1) is 0 Å². The van der Waals surface area contributed by atoms with Crippen LogP contribution in [0.2, 0.25) is 0 Å². The molecule has 1 amide bonds. The lowest BCUT2D eigenvalue weighted by Gasteiger charge is -2.27. The lowest BCUT2D eigenvalue weighted by atomic mass is 10.0. The number of unbranched alkanes of at least 4 members (excludes halogenated alkanes) is 34. The fraction of sp³-hybridized carbons (Fsp3) is 0.818. The van der Waals surface area contributed by atoms with Crippen LogP contribution in [0.1, 0.15) is 297 Å². The third-order valence-corrected chi connectivity index (χ3v) is 15.2. The van der Waals surface area contributed by atoms with Crippen LogP contribution in [0.15, 0.2) is 60.8 Å². The summed E-state index contributed by atoms with van der Waals surface area (Å²) in [6.07, 6.45) is 70.8. The summed E-state index contributed by atoms with van der Waals surface area (Å²) >= 11 is 0. The van der Waals surface area contributed by atoms with Gasteiger partial charge < -0.3 is 19.4 Å². The average Bonchev–Trinajstić information content (AvgIpc) is 3.38. The molecule has 76 heavy (non-hydrogen) atoms. The summed E-state index contributed by atoms with van der Waals surface area (Å²) in [5.74, 6) is -0.502. The Morgan fingerprint density at radius 2 is 0.803 bits per heavy atom. The normalized spacial score (nSPS) is 14.0. The third kappa shape index (κ3) is 56.4. The number of quaternary nitrogens is 1. The number of nitrogens with zero attached hydrogens (tertiary/aromatic N) is 1. The lowest BCUT2D eigenvalue weighted by molar-refractivity contribution is -0.870. The molecule has 0 aromatic heterocycles. The molecule has 9 nitrogen and oxygen atoms in total. The van der Waals surface area contributed by atoms with Crippen LogP contribution in [-0.2, 0) is 27.9 Å². The van der Waals surface area contributed by atoms with Crippen LogP contribution in [0.5, 0.6) is 0 Å². The Morgan fingerprint density at radius 1 is 0.461 bits per heavy atom. The number of amides is 1. The SMILES string of the molecule is CCCCC/C=C\C/C=C\C/C=C\C/C=C\CCCCCCCCCCCCCC(=O)OC(/C=C\CCCCCCCCCCCC)C(COP(=O)(O)OCC[N+](C)(C)C)NC(=O)CCCCCCCCCCCCC. The van der Waals surface area contributed by atoms with E-state index in [1.807, 2.05) is 33.3 Å². The minimum atomic E-state index is -4.44. The van der Waals surface area contributed by atoms with Crippen LogP contribution in [0.25, 0.3) is 0 Å². The fourth-order valence-electron chi connectivity index (χ4n) is 9.22. The molecule has 0 fully saturated rings. The molecule has 0 heterocycles. The first-order valence-corrected chi connectivity index (χ1v) is 33.6. The third-order valence-electron chi connectivity index (χ3n) is 14.2. The van der Waals surface area contributed by atoms with Crippen LogP contribution < -0.4 is 5.32 Å². The van der Waals surface area contributed by atoms with Crippen LogP contribution >= 0.6 is 7.82 Å². The van der Waals surface area contributed by atoms with E-state index in [-0.39, 0.29) is 31.5 Å². The zero-order valence-corrected chi connectivity index (χ0v) is 51.6. The number of carbonyl (C=O) groups is 2. The molecular weight excluding hydrogens is 964 g/mol. The number of esters is 1. The summed E-state index contributed by atoms with van der Waals surface area (Å²) in [5.41, 5.74) is 0. The first-order chi connectivity index (χ1) is 36.9. The van der Waals surface area contributed by atoms with Gasteiger partial charge in [0.05, 0.1) is 33.8 Å². The van der Waals surface area contributed by atoms with Crippen molar-refractivity contribution in [1.82, 2.24) is 5.32 Å². The average molecular weight is 1090 g/mol. The molecule has 0 rings (SSSR count). The van der Waals surface area contributed by atoms with Crippen molar-refractivity contribution >= 4 is 19.7 Å². The van der Waals surface area contributed by atoms with Gasteiger partial charge in [-0.2, -0.15) is 0 Å². The number of likely N-dealkylation sites (N-methyl/N-ethyl adjacent to an activating group) is 1. The van der Waals surface area contributed by atoms with Gasteiger partial charge in [-0.05, 0) is 76.7 Å². The molecule has 0 aromatic carbocycles. The van der Waals surface area contributed by atoms with Gasteiger partial charge in [0.15, 0.2) is 0 Å². The van der Waals surface area contributed by atoms with E-state index in [1.165, 1.54) is 186 Å². The maximum atomic E-state index is 13.5. The Labute approximate surface area is 471 Å². The van der Waals surface area contributed by atoms with E-state index >= 15 is 0 Å². The largest absolute Gasteiger partial charge is 0.472 e. The zero-order valence-electron chi connectivity index (χ0n) is 50.7. The number of phosphoric acid groups is 1. The molecular formula is C66H124N2O7P+. The number of hydrogen-bond acceptors (Lipinski definition) is 6. The van der Waals surface area contributed by atoms with Crippen molar-refractivity contribution < 1.29 is 37.3 Å². The second-order valence-electron chi connectivity index (χ2n) is 22.9. The monoisotopic (exact) mass is 1090 g/mol. The molecule has 3 unspecified atom stereocenters. The standard InChI is InChI=1S/C66H123N2O7P/c1-7-10-13-16-19-22-25-27-28-29-30-31-32-33-34-35-36-37-38-39-40-41-44-47-50-53-56-59-66(70)75-64(57-54-51-48-45-43-26-23-20-17-14-11-8-2)63(62-74-76(71,72)73-61-60-68(4,5)6)67-65(69)58-55-52-49-46-42-24-21-18-15-12-9-3/h19,22,27-28,30-31,33-34,54,57,63-64H,7-18,20-21,23-26,29,32,35-53,55-56,58-62H2,1-6H3,(H-,67,69,71,72)/p+1/b22-19-,28-27-,31-30-,34-33-,57-54-. The summed E-state index contributed by atoms with van der Waals surface area (Å²) in [4.78, 5) is 37.6. The second-order valence-corrected chi connectivity index (χ2v) is 24.4. The van der Waals surface area contributed by atoms with Gasteiger partial charge in [-0.25, -0.2) is 4.57 Å². The van der Waals surface area contributed by atoms with Crippen molar-refractivity contribution in [3.05, 3.63) is 60.8 Å². The second kappa shape index (κ2) is 56.0. The highest BCUT2D eigenvalue weighted by molar-refractivity contribution is 7.47. The van der Waals surface area contributed by atoms with Crippen molar-refractivity contribution in [2.45, 2.75) is 309 Å². The zero-order chi connectivity index (χ0) is 55.7. The number of hydrogen-bond donors (Lipinski definition) is 2. The molecule has 0 aliphatic heterocycles. The number of rotatable bonds is 58. The molecule has 2 N–H and O–H groups in total. The van der Waals surface area contributed by atoms with Gasteiger partial charge in [0, 0.05) is 12.8 Å². The Hall–Kier alpha value is -2.29. The van der Waals surface area contributed by atoms with Gasteiger partial charge >= 0.3 is 13.8 Å². The van der Waals surface area contributed by atoms with Crippen molar-refractivity contribution in [3.8, 4) is 0 Å². The van der Waals surface area contributed by atoms with Gasteiger partial charge in [-0.3, -0.25) is 18.6 Å². The Morgan fingerprint density at radius 3 is 1.22 bits per heavy atom. The maximum absolute atomic E-state index is 13.5. The molecule has 0 aliphatic carbocycles. The number of allylic oxidation sites excluding steroid dienone is 9. The highest BCUT2D eigenvalue weighted by Crippen LogP contribution is 2.43. The number of phosphoric ester groups is 1. The molecule has 0 radical (unpaired) electrons. The highest BCUT2D eigenvalue weighted by Gasteiger charge is 2.30. The number of carbonyl (C=O) groups excluding carboxylic acids is 2. The topological polar surface area (TPSA) is 111 Å². The molecule has 0 spiro atoms. The van der Waals surface area contributed by atoms with Crippen LogP contribution in [0.4, 0.5) is 0 Å². The van der Waals surface area contributed by atoms with Crippen LogP contribution in [-0.4, -0.2) is 74.3 Å². The predicted octanol–water partition coefficient (Wildman–Crippen LogP) is 19.8. The van der Waals surface area contributed by atoms with E-state index in [0.717, 1.165) is 77.0 Å². The molecule has 444 valence electrons. The van der Waals surface area contributed by atoms with Gasteiger partial charge in [0.25, 0.3) is 0 Å². The molecule has 0 aliphatic rings. The molecule has 0 saturated carbocycles. The van der Waals surface area contributed by atoms with Crippen LogP contribution in [0.3, 0.4) is 0 Å². The molecule has 0 saturated heterocycles. The van der Waals surface area contributed by atoms with Crippen molar-refractivity contribution in [2.24, 2.45) is 0 Å². The highest BCUT2D eigenvalue weighted by atomic mass is 31.2. The van der Waals surface area contributed by atoms with Gasteiger partial charge in [-0.1, -0.05) is 268 Å². The van der Waals surface area contributed by atoms with E-state index < -0.39 is 20.0 Å². The molecule has 0 aromatic rings. The molecule has 10 heteroatoms.